The predicted molar refractivity (Wildman–Crippen MR) is 59.1 cm³/mol. The Morgan fingerprint density at radius 2 is 2.27 bits per heavy atom. The molecular formula is C11H16N2O2. The third kappa shape index (κ3) is 2.70. The summed E-state index contributed by atoms with van der Waals surface area (Å²) in [6.45, 7) is 0.565. The van der Waals surface area contributed by atoms with Gasteiger partial charge in [-0.25, -0.2) is 0 Å². The molecule has 0 bridgehead atoms. The van der Waals surface area contributed by atoms with Gasteiger partial charge >= 0.3 is 0 Å². The van der Waals surface area contributed by atoms with Gasteiger partial charge in [0.1, 0.15) is 5.75 Å². The van der Waals surface area contributed by atoms with Crippen LogP contribution < -0.4 is 15.8 Å². The number of carbonyl (C=O) groups excluding carboxylic acids is 1. The van der Waals surface area contributed by atoms with E-state index in [1.807, 2.05) is 6.07 Å². The molecule has 0 atom stereocenters. The van der Waals surface area contributed by atoms with Gasteiger partial charge in [-0.1, -0.05) is 6.07 Å². The van der Waals surface area contributed by atoms with Gasteiger partial charge in [-0.3, -0.25) is 4.79 Å². The molecule has 0 unspecified atom stereocenters. The molecule has 0 aromatic heterocycles. The largest absolute Gasteiger partial charge is 0.496 e. The first-order valence-corrected chi connectivity index (χ1v) is 4.82. The summed E-state index contributed by atoms with van der Waals surface area (Å²) in [5.74, 6) is 0.592. The Hall–Kier alpha value is -1.55. The van der Waals surface area contributed by atoms with Gasteiger partial charge < -0.3 is 15.8 Å². The van der Waals surface area contributed by atoms with Crippen LogP contribution in [0.4, 0.5) is 0 Å². The van der Waals surface area contributed by atoms with Crippen molar-refractivity contribution in [1.82, 2.24) is 5.32 Å². The highest BCUT2D eigenvalue weighted by Crippen LogP contribution is 2.20. The quantitative estimate of drug-likeness (QED) is 0.759. The van der Waals surface area contributed by atoms with Gasteiger partial charge in [0.25, 0.3) is 5.91 Å². The number of methoxy groups -OCH3 is 1. The molecule has 1 amide bonds. The Bertz CT molecular complexity index is 350. The molecular weight excluding hydrogens is 192 g/mol. The van der Waals surface area contributed by atoms with Gasteiger partial charge in [-0.15, -0.1) is 0 Å². The van der Waals surface area contributed by atoms with E-state index in [0.717, 1.165) is 12.0 Å². The summed E-state index contributed by atoms with van der Waals surface area (Å²) in [6.07, 6.45) is 0.747. The van der Waals surface area contributed by atoms with Gasteiger partial charge in [-0.2, -0.15) is 0 Å². The molecule has 15 heavy (non-hydrogen) atoms. The second kappa shape index (κ2) is 5.36. The first-order valence-electron chi connectivity index (χ1n) is 4.82. The average Bonchev–Trinajstić information content (AvgIpc) is 2.29. The lowest BCUT2D eigenvalue weighted by Gasteiger charge is -2.09. The van der Waals surface area contributed by atoms with Crippen LogP contribution >= 0.6 is 0 Å². The first-order chi connectivity index (χ1) is 7.22. The minimum absolute atomic E-state index is 0.118. The molecule has 0 fully saturated rings. The van der Waals surface area contributed by atoms with Gasteiger partial charge in [0.15, 0.2) is 0 Å². The lowest BCUT2D eigenvalue weighted by molar-refractivity contribution is 0.0962. The van der Waals surface area contributed by atoms with Crippen molar-refractivity contribution in [3.63, 3.8) is 0 Å². The minimum Gasteiger partial charge on any atom is -0.496 e. The molecule has 0 saturated carbocycles. The molecule has 0 spiro atoms. The number of rotatable bonds is 4. The number of benzene rings is 1. The number of nitrogens with one attached hydrogen (secondary N) is 1. The van der Waals surface area contributed by atoms with Crippen LogP contribution in [0.5, 0.6) is 5.75 Å². The van der Waals surface area contributed by atoms with Crippen molar-refractivity contribution in [2.24, 2.45) is 5.73 Å². The van der Waals surface area contributed by atoms with E-state index in [9.17, 15) is 4.79 Å². The van der Waals surface area contributed by atoms with Gasteiger partial charge in [0.2, 0.25) is 0 Å². The SMILES string of the molecule is CNC(=O)c1ccc(CCN)c(OC)c1. The Morgan fingerprint density at radius 3 is 2.80 bits per heavy atom. The van der Waals surface area contributed by atoms with Crippen LogP contribution in [0.1, 0.15) is 15.9 Å². The standard InChI is InChI=1S/C11H16N2O2/c1-13-11(14)9-4-3-8(5-6-12)10(7-9)15-2/h3-4,7H,5-6,12H2,1-2H3,(H,13,14). The third-order valence-electron chi connectivity index (χ3n) is 2.19. The molecule has 3 N–H and O–H groups in total. The van der Waals surface area contributed by atoms with E-state index in [0.29, 0.717) is 17.9 Å². The molecule has 82 valence electrons. The molecule has 0 radical (unpaired) electrons. The summed E-state index contributed by atoms with van der Waals surface area (Å²) in [4.78, 5) is 11.4. The van der Waals surface area contributed by atoms with E-state index >= 15 is 0 Å². The number of hydrogen-bond acceptors (Lipinski definition) is 3. The highest BCUT2D eigenvalue weighted by atomic mass is 16.5. The van der Waals surface area contributed by atoms with Crippen LogP contribution in [0.2, 0.25) is 0 Å². The van der Waals surface area contributed by atoms with Crippen LogP contribution in [-0.4, -0.2) is 26.6 Å². The van der Waals surface area contributed by atoms with E-state index < -0.39 is 0 Å². The number of ether oxygens (including phenoxy) is 1. The van der Waals surface area contributed by atoms with E-state index in [-0.39, 0.29) is 5.91 Å². The van der Waals surface area contributed by atoms with Crippen LogP contribution in [-0.2, 0) is 6.42 Å². The summed E-state index contributed by atoms with van der Waals surface area (Å²) in [6, 6.07) is 5.37. The molecule has 4 heteroatoms. The van der Waals surface area contributed by atoms with Crippen molar-refractivity contribution in [2.75, 3.05) is 20.7 Å². The number of amides is 1. The van der Waals surface area contributed by atoms with Crippen molar-refractivity contribution >= 4 is 5.91 Å². The van der Waals surface area contributed by atoms with Crippen molar-refractivity contribution < 1.29 is 9.53 Å². The normalized spacial score (nSPS) is 9.80. The zero-order valence-electron chi connectivity index (χ0n) is 9.04. The lowest BCUT2D eigenvalue weighted by Crippen LogP contribution is -2.18. The lowest BCUT2D eigenvalue weighted by atomic mass is 10.1. The Labute approximate surface area is 89.4 Å². The monoisotopic (exact) mass is 208 g/mol. The Morgan fingerprint density at radius 1 is 1.53 bits per heavy atom. The number of carbonyl (C=O) groups is 1. The molecule has 1 aromatic rings. The highest BCUT2D eigenvalue weighted by molar-refractivity contribution is 5.94. The first kappa shape index (κ1) is 11.5. The van der Waals surface area contributed by atoms with Crippen LogP contribution in [0.3, 0.4) is 0 Å². The van der Waals surface area contributed by atoms with Gasteiger partial charge in [0.05, 0.1) is 7.11 Å². The summed E-state index contributed by atoms with van der Waals surface area (Å²) < 4.78 is 5.20. The van der Waals surface area contributed by atoms with E-state index in [4.69, 9.17) is 10.5 Å². The van der Waals surface area contributed by atoms with Crippen molar-refractivity contribution in [3.8, 4) is 5.75 Å². The van der Waals surface area contributed by atoms with Crippen molar-refractivity contribution in [1.29, 1.82) is 0 Å². The smallest absolute Gasteiger partial charge is 0.251 e. The zero-order valence-corrected chi connectivity index (χ0v) is 9.04. The maximum absolute atomic E-state index is 11.4. The zero-order chi connectivity index (χ0) is 11.3. The van der Waals surface area contributed by atoms with Crippen LogP contribution in [0, 0.1) is 0 Å². The maximum Gasteiger partial charge on any atom is 0.251 e. The molecule has 4 nitrogen and oxygen atoms in total. The number of nitrogens with two attached hydrogens (primary N) is 1. The van der Waals surface area contributed by atoms with Crippen molar-refractivity contribution in [3.05, 3.63) is 29.3 Å². The second-order valence-corrected chi connectivity index (χ2v) is 3.14. The van der Waals surface area contributed by atoms with Crippen LogP contribution in [0.15, 0.2) is 18.2 Å². The summed E-state index contributed by atoms with van der Waals surface area (Å²) >= 11 is 0. The maximum atomic E-state index is 11.4. The summed E-state index contributed by atoms with van der Waals surface area (Å²) in [7, 11) is 3.19. The Kier molecular flexibility index (Phi) is 4.12. The molecule has 1 aromatic carbocycles. The predicted octanol–water partition coefficient (Wildman–Crippen LogP) is 0.556. The molecule has 0 aliphatic carbocycles. The Balaban J connectivity index is 3.01. The van der Waals surface area contributed by atoms with Crippen LogP contribution in [0.25, 0.3) is 0 Å². The molecule has 0 heterocycles. The van der Waals surface area contributed by atoms with Crippen molar-refractivity contribution in [2.45, 2.75) is 6.42 Å². The fourth-order valence-electron chi connectivity index (χ4n) is 1.39. The highest BCUT2D eigenvalue weighted by Gasteiger charge is 2.08. The third-order valence-corrected chi connectivity index (χ3v) is 2.19. The van der Waals surface area contributed by atoms with Gasteiger partial charge in [-0.05, 0) is 30.7 Å². The summed E-state index contributed by atoms with van der Waals surface area (Å²) in [5, 5.41) is 2.56. The van der Waals surface area contributed by atoms with E-state index in [1.54, 1.807) is 26.3 Å². The molecule has 0 aliphatic heterocycles. The average molecular weight is 208 g/mol. The van der Waals surface area contributed by atoms with E-state index in [1.165, 1.54) is 0 Å². The number of hydrogen-bond donors (Lipinski definition) is 2. The fourth-order valence-corrected chi connectivity index (χ4v) is 1.39. The molecule has 0 aliphatic rings. The molecule has 1 rings (SSSR count). The topological polar surface area (TPSA) is 64.4 Å². The second-order valence-electron chi connectivity index (χ2n) is 3.14. The summed E-state index contributed by atoms with van der Waals surface area (Å²) in [5.41, 5.74) is 7.09. The minimum atomic E-state index is -0.118. The van der Waals surface area contributed by atoms with Gasteiger partial charge in [0, 0.05) is 12.6 Å². The molecule has 0 saturated heterocycles. The fraction of sp³-hybridized carbons (Fsp3) is 0.364. The van der Waals surface area contributed by atoms with E-state index in [2.05, 4.69) is 5.32 Å².